The van der Waals surface area contributed by atoms with Crippen molar-refractivity contribution in [3.63, 3.8) is 0 Å². The normalized spacial score (nSPS) is 11.3. The summed E-state index contributed by atoms with van der Waals surface area (Å²) in [5.41, 5.74) is 2.85. The molecule has 0 spiro atoms. The molecule has 3 heterocycles. The Kier molecular flexibility index (Phi) is 4.65. The molecule has 6 nitrogen and oxygen atoms in total. The van der Waals surface area contributed by atoms with Gasteiger partial charge in [-0.05, 0) is 36.4 Å². The highest BCUT2D eigenvalue weighted by molar-refractivity contribution is 6.42. The molecule has 1 N–H and O–H groups in total. The van der Waals surface area contributed by atoms with Gasteiger partial charge in [0.1, 0.15) is 11.5 Å². The summed E-state index contributed by atoms with van der Waals surface area (Å²) in [6.45, 7) is 0.134. The Hall–Kier alpha value is -3.35. The molecule has 5 aromatic rings. The Morgan fingerprint density at radius 3 is 2.80 bits per heavy atom. The lowest BCUT2D eigenvalue weighted by Crippen LogP contribution is -2.09. The first-order chi connectivity index (χ1) is 14.6. The standard InChI is InChI=1S/C22H14Cl2N4O2/c23-17-7-20-21(8-18(17)24)28(12-27-20)11-22(29)16-10-26-19-6-13(3-4-15(16)19)30-14-2-1-5-25-9-14/h1-10,12,26H,11H2. The lowest BCUT2D eigenvalue weighted by molar-refractivity contribution is 0.0975. The second-order valence-electron chi connectivity index (χ2n) is 6.75. The summed E-state index contributed by atoms with van der Waals surface area (Å²) in [7, 11) is 0. The number of ketones is 1. The molecule has 0 aliphatic rings. The number of ether oxygens (including phenoxy) is 1. The molecule has 0 saturated heterocycles. The third kappa shape index (κ3) is 3.40. The van der Waals surface area contributed by atoms with Crippen molar-refractivity contribution in [3.8, 4) is 11.5 Å². The number of carbonyl (C=O) groups excluding carboxylic acids is 1. The van der Waals surface area contributed by atoms with Crippen molar-refractivity contribution in [3.05, 3.63) is 83.0 Å². The topological polar surface area (TPSA) is 72.8 Å². The molecule has 0 aliphatic heterocycles. The molecule has 0 unspecified atom stereocenters. The Balaban J connectivity index is 1.42. The number of rotatable bonds is 5. The lowest BCUT2D eigenvalue weighted by Gasteiger charge is -2.06. The van der Waals surface area contributed by atoms with Gasteiger partial charge >= 0.3 is 0 Å². The van der Waals surface area contributed by atoms with Gasteiger partial charge in [-0.2, -0.15) is 0 Å². The summed E-state index contributed by atoms with van der Waals surface area (Å²) in [5.74, 6) is 1.25. The molecule has 0 radical (unpaired) electrons. The van der Waals surface area contributed by atoms with Crippen molar-refractivity contribution >= 4 is 50.9 Å². The molecule has 5 rings (SSSR count). The zero-order chi connectivity index (χ0) is 20.7. The number of nitrogens with one attached hydrogen (secondary N) is 1. The van der Waals surface area contributed by atoms with E-state index in [9.17, 15) is 4.79 Å². The number of nitrogens with zero attached hydrogens (tertiary/aromatic N) is 3. The van der Waals surface area contributed by atoms with E-state index in [0.717, 1.165) is 16.4 Å². The van der Waals surface area contributed by atoms with Crippen molar-refractivity contribution in [1.29, 1.82) is 0 Å². The number of halogens is 2. The first-order valence-electron chi connectivity index (χ1n) is 9.10. The van der Waals surface area contributed by atoms with E-state index in [1.165, 1.54) is 0 Å². The molecule has 0 fully saturated rings. The molecule has 30 heavy (non-hydrogen) atoms. The third-order valence-corrected chi connectivity index (χ3v) is 5.52. The summed E-state index contributed by atoms with van der Waals surface area (Å²) in [4.78, 5) is 24.5. The average Bonchev–Trinajstić information content (AvgIpc) is 3.33. The van der Waals surface area contributed by atoms with E-state index >= 15 is 0 Å². The second kappa shape index (κ2) is 7.48. The minimum absolute atomic E-state index is 0.0486. The number of fused-ring (bicyclic) bond motifs is 2. The molecule has 0 atom stereocenters. The van der Waals surface area contributed by atoms with Gasteiger partial charge in [-0.1, -0.05) is 23.2 Å². The van der Waals surface area contributed by atoms with Crippen molar-refractivity contribution < 1.29 is 9.53 Å². The first-order valence-corrected chi connectivity index (χ1v) is 9.86. The molecule has 8 heteroatoms. The molecule has 3 aromatic heterocycles. The maximum Gasteiger partial charge on any atom is 0.184 e. The van der Waals surface area contributed by atoms with E-state index in [1.54, 1.807) is 47.7 Å². The first kappa shape index (κ1) is 18.7. The number of H-pyrrole nitrogens is 1. The van der Waals surface area contributed by atoms with Crippen LogP contribution in [0.15, 0.2) is 67.4 Å². The van der Waals surface area contributed by atoms with Crippen LogP contribution in [0.3, 0.4) is 0 Å². The van der Waals surface area contributed by atoms with Crippen LogP contribution in [0.5, 0.6) is 11.5 Å². The average molecular weight is 437 g/mol. The van der Waals surface area contributed by atoms with Gasteiger partial charge in [0.05, 0.1) is 40.1 Å². The van der Waals surface area contributed by atoms with Crippen molar-refractivity contribution in [2.75, 3.05) is 0 Å². The number of hydrogen-bond acceptors (Lipinski definition) is 4. The fraction of sp³-hybridized carbons (Fsp3) is 0.0455. The fourth-order valence-corrected chi connectivity index (χ4v) is 3.68. The van der Waals surface area contributed by atoms with Gasteiger partial charge in [0.2, 0.25) is 0 Å². The number of carbonyl (C=O) groups is 1. The van der Waals surface area contributed by atoms with Gasteiger partial charge < -0.3 is 14.3 Å². The highest BCUT2D eigenvalue weighted by Gasteiger charge is 2.15. The van der Waals surface area contributed by atoms with Crippen molar-refractivity contribution in [2.45, 2.75) is 6.54 Å². The number of imidazole rings is 1. The number of benzene rings is 2. The highest BCUT2D eigenvalue weighted by Crippen LogP contribution is 2.29. The van der Waals surface area contributed by atoms with Crippen molar-refractivity contribution in [1.82, 2.24) is 19.5 Å². The Labute approximate surface area is 181 Å². The van der Waals surface area contributed by atoms with Crippen LogP contribution in [-0.4, -0.2) is 25.3 Å². The Morgan fingerprint density at radius 1 is 1.10 bits per heavy atom. The molecule has 148 valence electrons. The van der Waals surface area contributed by atoms with Crippen LogP contribution in [0.2, 0.25) is 10.0 Å². The number of pyridine rings is 1. The van der Waals surface area contributed by atoms with E-state index in [4.69, 9.17) is 27.9 Å². The Bertz CT molecular complexity index is 1390. The maximum absolute atomic E-state index is 13.0. The summed E-state index contributed by atoms with van der Waals surface area (Å²) in [6, 6.07) is 12.6. The smallest absolute Gasteiger partial charge is 0.184 e. The summed E-state index contributed by atoms with van der Waals surface area (Å²) >= 11 is 12.2. The van der Waals surface area contributed by atoms with Crippen LogP contribution >= 0.6 is 23.2 Å². The zero-order valence-electron chi connectivity index (χ0n) is 15.5. The zero-order valence-corrected chi connectivity index (χ0v) is 17.0. The number of aromatic nitrogens is 4. The van der Waals surface area contributed by atoms with Crippen LogP contribution in [0.1, 0.15) is 10.4 Å². The van der Waals surface area contributed by atoms with Gasteiger partial charge in [0.15, 0.2) is 5.78 Å². The third-order valence-electron chi connectivity index (χ3n) is 4.80. The molecule has 0 bridgehead atoms. The van der Waals surface area contributed by atoms with E-state index < -0.39 is 0 Å². The van der Waals surface area contributed by atoms with E-state index in [2.05, 4.69) is 15.0 Å². The van der Waals surface area contributed by atoms with Gasteiger partial charge in [-0.25, -0.2) is 4.98 Å². The van der Waals surface area contributed by atoms with E-state index in [1.807, 2.05) is 24.3 Å². The number of hydrogen-bond donors (Lipinski definition) is 1. The maximum atomic E-state index is 13.0. The predicted molar refractivity (Wildman–Crippen MR) is 117 cm³/mol. The van der Waals surface area contributed by atoms with Crippen LogP contribution < -0.4 is 4.74 Å². The van der Waals surface area contributed by atoms with Crippen LogP contribution in [0.25, 0.3) is 21.9 Å². The highest BCUT2D eigenvalue weighted by atomic mass is 35.5. The molecule has 0 aliphatic carbocycles. The molecule has 2 aromatic carbocycles. The number of Topliss-reactive ketones (excluding diaryl/α,β-unsaturated/α-hetero) is 1. The predicted octanol–water partition coefficient (Wildman–Crippen LogP) is 5.89. The van der Waals surface area contributed by atoms with Gasteiger partial charge in [-0.15, -0.1) is 0 Å². The second-order valence-corrected chi connectivity index (χ2v) is 7.57. The lowest BCUT2D eigenvalue weighted by atomic mass is 10.1. The summed E-state index contributed by atoms with van der Waals surface area (Å²) < 4.78 is 7.57. The molecular weight excluding hydrogens is 423 g/mol. The monoisotopic (exact) mass is 436 g/mol. The van der Waals surface area contributed by atoms with Crippen molar-refractivity contribution in [2.24, 2.45) is 0 Å². The van der Waals surface area contributed by atoms with Gasteiger partial charge in [-0.3, -0.25) is 9.78 Å². The molecular formula is C22H14Cl2N4O2. The number of aromatic amines is 1. The van der Waals surface area contributed by atoms with Crippen LogP contribution in [-0.2, 0) is 6.54 Å². The quantitative estimate of drug-likeness (QED) is 0.348. The minimum atomic E-state index is -0.0486. The fourth-order valence-electron chi connectivity index (χ4n) is 3.36. The minimum Gasteiger partial charge on any atom is -0.456 e. The SMILES string of the molecule is O=C(Cn1cnc2cc(Cl)c(Cl)cc21)c1c[nH]c2cc(Oc3cccnc3)ccc12. The van der Waals surface area contributed by atoms with E-state index in [0.29, 0.717) is 32.6 Å². The van der Waals surface area contributed by atoms with Crippen LogP contribution in [0, 0.1) is 0 Å². The largest absolute Gasteiger partial charge is 0.456 e. The van der Waals surface area contributed by atoms with E-state index in [-0.39, 0.29) is 12.3 Å². The summed E-state index contributed by atoms with van der Waals surface area (Å²) in [5, 5.41) is 1.68. The van der Waals surface area contributed by atoms with Crippen LogP contribution in [0.4, 0.5) is 0 Å². The summed E-state index contributed by atoms with van der Waals surface area (Å²) in [6.07, 6.45) is 6.65. The van der Waals surface area contributed by atoms with Gasteiger partial charge in [0, 0.05) is 34.9 Å². The molecule has 0 saturated carbocycles. The Morgan fingerprint density at radius 2 is 1.97 bits per heavy atom. The molecule has 0 amide bonds. The van der Waals surface area contributed by atoms with Gasteiger partial charge in [0.25, 0.3) is 0 Å².